The highest BCUT2D eigenvalue weighted by Crippen LogP contribution is 2.27. The molecule has 0 fully saturated rings. The van der Waals surface area contributed by atoms with Crippen LogP contribution in [0.25, 0.3) is 0 Å². The Labute approximate surface area is 161 Å². The van der Waals surface area contributed by atoms with Gasteiger partial charge in [-0.15, -0.1) is 0 Å². The zero-order chi connectivity index (χ0) is 20.0. The number of amides is 2. The van der Waals surface area contributed by atoms with E-state index in [1.54, 1.807) is 36.4 Å². The smallest absolute Gasteiger partial charge is 0.337 e. The normalized spacial score (nSPS) is 10.1. The quantitative estimate of drug-likeness (QED) is 0.766. The Balaban J connectivity index is 2.22. The Morgan fingerprint density at radius 2 is 1.85 bits per heavy atom. The summed E-state index contributed by atoms with van der Waals surface area (Å²) < 4.78 is 9.87. The van der Waals surface area contributed by atoms with Gasteiger partial charge in [-0.1, -0.05) is 17.7 Å². The van der Waals surface area contributed by atoms with Gasteiger partial charge in [-0.25, -0.2) is 4.79 Å². The fraction of sp³-hybridized carbons (Fsp3) is 0.211. The first-order chi connectivity index (χ1) is 12.8. The van der Waals surface area contributed by atoms with Gasteiger partial charge < -0.3 is 19.7 Å². The van der Waals surface area contributed by atoms with Gasteiger partial charge in [0, 0.05) is 17.6 Å². The fourth-order valence-electron chi connectivity index (χ4n) is 2.41. The van der Waals surface area contributed by atoms with Crippen molar-refractivity contribution in [1.82, 2.24) is 0 Å². The number of hydrogen-bond donors (Lipinski definition) is 1. The van der Waals surface area contributed by atoms with E-state index in [1.807, 2.05) is 0 Å². The van der Waals surface area contributed by atoms with Gasteiger partial charge in [0.2, 0.25) is 11.8 Å². The number of benzene rings is 2. The molecule has 0 heterocycles. The predicted octanol–water partition coefficient (Wildman–Crippen LogP) is 3.13. The SMILES string of the molecule is COC(=O)c1cccc(N(CC(=O)Nc2cc(Cl)ccc2OC)C(C)=O)c1. The lowest BCUT2D eigenvalue weighted by atomic mass is 10.2. The minimum absolute atomic E-state index is 0.254. The lowest BCUT2D eigenvalue weighted by Crippen LogP contribution is -2.36. The summed E-state index contributed by atoms with van der Waals surface area (Å²) >= 11 is 5.95. The average Bonchev–Trinajstić information content (AvgIpc) is 2.65. The first kappa shape index (κ1) is 20.3. The van der Waals surface area contributed by atoms with Crippen molar-refractivity contribution >= 4 is 40.8 Å². The molecular weight excluding hydrogens is 372 g/mol. The van der Waals surface area contributed by atoms with Crippen LogP contribution in [-0.4, -0.2) is 38.5 Å². The highest BCUT2D eigenvalue weighted by molar-refractivity contribution is 6.31. The van der Waals surface area contributed by atoms with Crippen molar-refractivity contribution in [2.24, 2.45) is 0 Å². The van der Waals surface area contributed by atoms with E-state index in [0.29, 0.717) is 22.1 Å². The topological polar surface area (TPSA) is 84.9 Å². The van der Waals surface area contributed by atoms with Gasteiger partial charge in [-0.05, 0) is 36.4 Å². The molecule has 0 aromatic heterocycles. The van der Waals surface area contributed by atoms with Gasteiger partial charge >= 0.3 is 5.97 Å². The molecule has 142 valence electrons. The maximum absolute atomic E-state index is 12.5. The van der Waals surface area contributed by atoms with Crippen molar-refractivity contribution in [3.8, 4) is 5.75 Å². The molecule has 0 aliphatic carbocycles. The number of esters is 1. The Morgan fingerprint density at radius 1 is 1.11 bits per heavy atom. The summed E-state index contributed by atoms with van der Waals surface area (Å²) in [4.78, 5) is 37.4. The molecule has 2 amide bonds. The van der Waals surface area contributed by atoms with E-state index in [1.165, 1.54) is 32.1 Å². The van der Waals surface area contributed by atoms with E-state index >= 15 is 0 Å². The highest BCUT2D eigenvalue weighted by atomic mass is 35.5. The molecule has 2 aromatic carbocycles. The zero-order valence-electron chi connectivity index (χ0n) is 15.1. The lowest BCUT2D eigenvalue weighted by molar-refractivity contribution is -0.120. The Morgan fingerprint density at radius 3 is 2.48 bits per heavy atom. The average molecular weight is 391 g/mol. The van der Waals surface area contributed by atoms with Crippen LogP contribution >= 0.6 is 11.6 Å². The summed E-state index contributed by atoms with van der Waals surface area (Å²) in [7, 11) is 2.74. The van der Waals surface area contributed by atoms with Crippen molar-refractivity contribution in [1.29, 1.82) is 0 Å². The van der Waals surface area contributed by atoms with Crippen molar-refractivity contribution < 1.29 is 23.9 Å². The number of nitrogens with one attached hydrogen (secondary N) is 1. The molecule has 0 spiro atoms. The third kappa shape index (κ3) is 5.21. The number of methoxy groups -OCH3 is 2. The zero-order valence-corrected chi connectivity index (χ0v) is 15.9. The second-order valence-electron chi connectivity index (χ2n) is 5.54. The summed E-state index contributed by atoms with van der Waals surface area (Å²) in [5, 5.41) is 3.10. The van der Waals surface area contributed by atoms with E-state index in [2.05, 4.69) is 10.1 Å². The van der Waals surface area contributed by atoms with Crippen molar-refractivity contribution in [3.05, 3.63) is 53.1 Å². The van der Waals surface area contributed by atoms with Gasteiger partial charge in [-0.2, -0.15) is 0 Å². The third-order valence-electron chi connectivity index (χ3n) is 3.70. The Kier molecular flexibility index (Phi) is 6.79. The van der Waals surface area contributed by atoms with Gasteiger partial charge in [0.15, 0.2) is 0 Å². The molecule has 0 saturated carbocycles. The molecule has 27 heavy (non-hydrogen) atoms. The number of rotatable bonds is 6. The third-order valence-corrected chi connectivity index (χ3v) is 3.93. The van der Waals surface area contributed by atoms with Gasteiger partial charge in [0.25, 0.3) is 0 Å². The summed E-state index contributed by atoms with van der Waals surface area (Å²) in [5.74, 6) is -0.900. The van der Waals surface area contributed by atoms with Crippen molar-refractivity contribution in [2.45, 2.75) is 6.92 Å². The fourth-order valence-corrected chi connectivity index (χ4v) is 2.59. The number of nitrogens with zero attached hydrogens (tertiary/aromatic N) is 1. The number of carbonyl (C=O) groups excluding carboxylic acids is 3. The Bertz CT molecular complexity index is 869. The predicted molar refractivity (Wildman–Crippen MR) is 102 cm³/mol. The second-order valence-corrected chi connectivity index (χ2v) is 5.98. The van der Waals surface area contributed by atoms with Gasteiger partial charge in [0.05, 0.1) is 25.5 Å². The minimum atomic E-state index is -0.534. The van der Waals surface area contributed by atoms with E-state index < -0.39 is 11.9 Å². The van der Waals surface area contributed by atoms with E-state index in [-0.39, 0.29) is 18.0 Å². The maximum Gasteiger partial charge on any atom is 0.337 e. The number of carbonyl (C=O) groups is 3. The van der Waals surface area contributed by atoms with Crippen molar-refractivity contribution in [2.75, 3.05) is 31.0 Å². The maximum atomic E-state index is 12.5. The second kappa shape index (κ2) is 9.05. The molecule has 0 aliphatic rings. The van der Waals surface area contributed by atoms with Crippen LogP contribution in [-0.2, 0) is 14.3 Å². The van der Waals surface area contributed by atoms with Crippen LogP contribution in [0.1, 0.15) is 17.3 Å². The number of ether oxygens (including phenoxy) is 2. The van der Waals surface area contributed by atoms with Crippen LogP contribution < -0.4 is 15.0 Å². The molecule has 2 rings (SSSR count). The number of hydrogen-bond acceptors (Lipinski definition) is 5. The summed E-state index contributed by atoms with van der Waals surface area (Å²) in [6.45, 7) is 1.08. The van der Waals surface area contributed by atoms with Crippen LogP contribution in [0.15, 0.2) is 42.5 Å². The van der Waals surface area contributed by atoms with E-state index in [0.717, 1.165) is 0 Å². The minimum Gasteiger partial charge on any atom is -0.495 e. The number of anilines is 2. The number of halogens is 1. The summed E-state index contributed by atoms with van der Waals surface area (Å²) in [5.41, 5.74) is 1.07. The molecule has 0 atom stereocenters. The summed E-state index contributed by atoms with van der Waals surface area (Å²) in [6, 6.07) is 11.1. The largest absolute Gasteiger partial charge is 0.495 e. The molecular formula is C19H19ClN2O5. The van der Waals surface area contributed by atoms with Gasteiger partial charge in [0.1, 0.15) is 12.3 Å². The molecule has 0 unspecified atom stereocenters. The monoisotopic (exact) mass is 390 g/mol. The molecule has 0 aliphatic heterocycles. The first-order valence-corrected chi connectivity index (χ1v) is 8.33. The van der Waals surface area contributed by atoms with Crippen molar-refractivity contribution in [3.63, 3.8) is 0 Å². The van der Waals surface area contributed by atoms with E-state index in [9.17, 15) is 14.4 Å². The van der Waals surface area contributed by atoms with Crippen LogP contribution in [0.3, 0.4) is 0 Å². The highest BCUT2D eigenvalue weighted by Gasteiger charge is 2.18. The standard InChI is InChI=1S/C19H19ClN2O5/c1-12(23)22(15-6-4-5-13(9-15)19(25)27-3)11-18(24)21-16-10-14(20)7-8-17(16)26-2/h4-10H,11H2,1-3H3,(H,21,24). The molecule has 1 N–H and O–H groups in total. The van der Waals surface area contributed by atoms with Crippen LogP contribution in [0.4, 0.5) is 11.4 Å². The molecule has 2 aromatic rings. The molecule has 8 heteroatoms. The molecule has 0 radical (unpaired) electrons. The van der Waals surface area contributed by atoms with Crippen LogP contribution in [0.5, 0.6) is 5.75 Å². The van der Waals surface area contributed by atoms with Gasteiger partial charge in [-0.3, -0.25) is 9.59 Å². The lowest BCUT2D eigenvalue weighted by Gasteiger charge is -2.21. The molecule has 7 nitrogen and oxygen atoms in total. The summed E-state index contributed by atoms with van der Waals surface area (Å²) in [6.07, 6.45) is 0. The Hall–Kier alpha value is -3.06. The molecule has 0 bridgehead atoms. The first-order valence-electron chi connectivity index (χ1n) is 7.95. The van der Waals surface area contributed by atoms with Crippen LogP contribution in [0, 0.1) is 0 Å². The van der Waals surface area contributed by atoms with E-state index in [4.69, 9.17) is 16.3 Å². The van der Waals surface area contributed by atoms with Crippen LogP contribution in [0.2, 0.25) is 5.02 Å². The molecule has 0 saturated heterocycles.